The Hall–Kier alpha value is -3.12. The van der Waals surface area contributed by atoms with E-state index in [2.05, 4.69) is 38.8 Å². The summed E-state index contributed by atoms with van der Waals surface area (Å²) in [5, 5.41) is 4.08. The Morgan fingerprint density at radius 1 is 1.21 bits per heavy atom. The molecule has 2 heterocycles. The normalized spacial score (nSPS) is 11.5. The van der Waals surface area contributed by atoms with Gasteiger partial charge in [-0.1, -0.05) is 18.2 Å². The Bertz CT molecular complexity index is 1110. The van der Waals surface area contributed by atoms with E-state index >= 15 is 0 Å². The molecule has 2 N–H and O–H groups in total. The number of nitrogens with one attached hydrogen (secondary N) is 2. The van der Waals surface area contributed by atoms with E-state index in [9.17, 15) is 4.79 Å². The van der Waals surface area contributed by atoms with Crippen LogP contribution in [0.3, 0.4) is 0 Å². The monoisotopic (exact) mass is 375 g/mol. The van der Waals surface area contributed by atoms with E-state index in [0.717, 1.165) is 52.7 Å². The molecule has 0 radical (unpaired) electrons. The predicted molar refractivity (Wildman–Crippen MR) is 114 cm³/mol. The van der Waals surface area contributed by atoms with Gasteiger partial charge in [-0.2, -0.15) is 0 Å². The fourth-order valence-electron chi connectivity index (χ4n) is 3.53. The highest BCUT2D eigenvalue weighted by Gasteiger charge is 2.10. The van der Waals surface area contributed by atoms with Crippen molar-refractivity contribution in [3.8, 4) is 0 Å². The molecule has 2 aromatic heterocycles. The van der Waals surface area contributed by atoms with Crippen molar-refractivity contribution in [2.75, 3.05) is 26.0 Å². The second-order valence-electron chi connectivity index (χ2n) is 7.38. The van der Waals surface area contributed by atoms with E-state index in [-0.39, 0.29) is 5.91 Å². The Labute approximate surface area is 164 Å². The van der Waals surface area contributed by atoms with Crippen LogP contribution in [0.15, 0.2) is 55.0 Å². The summed E-state index contributed by atoms with van der Waals surface area (Å²) in [4.78, 5) is 22.4. The Morgan fingerprint density at radius 3 is 2.93 bits per heavy atom. The molecule has 2 aromatic carbocycles. The van der Waals surface area contributed by atoms with Gasteiger partial charge in [-0.15, -0.1) is 0 Å². The second-order valence-corrected chi connectivity index (χ2v) is 7.38. The standard InChI is InChI=1S/C22H25N5O/c1-26(2)10-5-11-27-15-24-20-13-17(8-9-21(20)27)25-22(28)12-16-14-23-19-7-4-3-6-18(16)19/h3-4,6-9,13-15,23H,5,10-12H2,1-2H3,(H,25,28). The third kappa shape index (κ3) is 3.92. The average Bonchev–Trinajstić information content (AvgIpc) is 3.26. The molecule has 0 saturated heterocycles. The quantitative estimate of drug-likeness (QED) is 0.518. The van der Waals surface area contributed by atoms with Gasteiger partial charge in [0.2, 0.25) is 5.91 Å². The van der Waals surface area contributed by atoms with Gasteiger partial charge in [0.05, 0.1) is 23.8 Å². The van der Waals surface area contributed by atoms with Crippen LogP contribution in [0.1, 0.15) is 12.0 Å². The number of hydrogen-bond acceptors (Lipinski definition) is 3. The number of imidazole rings is 1. The Morgan fingerprint density at radius 2 is 2.07 bits per heavy atom. The van der Waals surface area contributed by atoms with Crippen LogP contribution < -0.4 is 5.32 Å². The van der Waals surface area contributed by atoms with Crippen molar-refractivity contribution < 1.29 is 4.79 Å². The fourth-order valence-corrected chi connectivity index (χ4v) is 3.53. The molecule has 4 aromatic rings. The van der Waals surface area contributed by atoms with Crippen molar-refractivity contribution in [1.29, 1.82) is 0 Å². The number of hydrogen-bond donors (Lipinski definition) is 2. The number of nitrogens with zero attached hydrogens (tertiary/aromatic N) is 3. The largest absolute Gasteiger partial charge is 0.361 e. The first-order valence-electron chi connectivity index (χ1n) is 9.54. The summed E-state index contributed by atoms with van der Waals surface area (Å²) in [6.07, 6.45) is 5.18. The van der Waals surface area contributed by atoms with Crippen LogP contribution in [-0.2, 0) is 17.8 Å². The SMILES string of the molecule is CN(C)CCCn1cnc2cc(NC(=O)Cc3c[nH]c4ccccc34)ccc21. The zero-order chi connectivity index (χ0) is 19.5. The molecule has 0 aliphatic heterocycles. The molecule has 0 bridgehead atoms. The first-order valence-corrected chi connectivity index (χ1v) is 9.54. The van der Waals surface area contributed by atoms with Gasteiger partial charge in [0.25, 0.3) is 0 Å². The first kappa shape index (κ1) is 18.3. The Balaban J connectivity index is 1.43. The first-order chi connectivity index (χ1) is 13.6. The van der Waals surface area contributed by atoms with Crippen molar-refractivity contribution in [2.45, 2.75) is 19.4 Å². The molecule has 6 nitrogen and oxygen atoms in total. The van der Waals surface area contributed by atoms with E-state index in [1.54, 1.807) is 0 Å². The molecule has 0 fully saturated rings. The van der Waals surface area contributed by atoms with Gasteiger partial charge >= 0.3 is 0 Å². The van der Waals surface area contributed by atoms with Crippen molar-refractivity contribution in [3.05, 3.63) is 60.6 Å². The van der Waals surface area contributed by atoms with Crippen molar-refractivity contribution in [2.24, 2.45) is 0 Å². The molecular formula is C22H25N5O. The molecule has 4 rings (SSSR count). The summed E-state index contributed by atoms with van der Waals surface area (Å²) >= 11 is 0. The summed E-state index contributed by atoms with van der Waals surface area (Å²) in [6.45, 7) is 1.97. The molecular weight excluding hydrogens is 350 g/mol. The van der Waals surface area contributed by atoms with Crippen molar-refractivity contribution in [3.63, 3.8) is 0 Å². The number of aromatic amines is 1. The molecule has 1 amide bonds. The third-order valence-electron chi connectivity index (χ3n) is 4.94. The van der Waals surface area contributed by atoms with Crippen LogP contribution in [0.4, 0.5) is 5.69 Å². The lowest BCUT2D eigenvalue weighted by molar-refractivity contribution is -0.115. The molecule has 0 atom stereocenters. The summed E-state index contributed by atoms with van der Waals surface area (Å²) in [5.41, 5.74) is 4.81. The highest BCUT2D eigenvalue weighted by molar-refractivity contribution is 5.97. The van der Waals surface area contributed by atoms with Crippen LogP contribution in [-0.4, -0.2) is 46.0 Å². The maximum absolute atomic E-state index is 12.5. The van der Waals surface area contributed by atoms with E-state index < -0.39 is 0 Å². The summed E-state index contributed by atoms with van der Waals surface area (Å²) in [5.74, 6) is -0.0329. The number of para-hydroxylation sites is 1. The van der Waals surface area contributed by atoms with Gasteiger partial charge in [-0.05, 0) is 56.9 Å². The molecule has 0 aliphatic rings. The number of anilines is 1. The lowest BCUT2D eigenvalue weighted by Crippen LogP contribution is -2.15. The molecule has 28 heavy (non-hydrogen) atoms. The topological polar surface area (TPSA) is 66.0 Å². The van der Waals surface area contributed by atoms with Crippen LogP contribution in [0.2, 0.25) is 0 Å². The number of benzene rings is 2. The third-order valence-corrected chi connectivity index (χ3v) is 4.94. The minimum Gasteiger partial charge on any atom is -0.361 e. The smallest absolute Gasteiger partial charge is 0.228 e. The number of fused-ring (bicyclic) bond motifs is 2. The highest BCUT2D eigenvalue weighted by Crippen LogP contribution is 2.21. The molecule has 144 valence electrons. The molecule has 6 heteroatoms. The van der Waals surface area contributed by atoms with Crippen LogP contribution in [0.5, 0.6) is 0 Å². The van der Waals surface area contributed by atoms with Crippen molar-refractivity contribution >= 4 is 33.5 Å². The molecule has 0 saturated carbocycles. The lowest BCUT2D eigenvalue weighted by atomic mass is 10.1. The second kappa shape index (κ2) is 7.86. The van der Waals surface area contributed by atoms with E-state index in [4.69, 9.17) is 0 Å². The molecule has 0 spiro atoms. The number of amides is 1. The number of aromatic nitrogens is 3. The fraction of sp³-hybridized carbons (Fsp3) is 0.273. The zero-order valence-corrected chi connectivity index (χ0v) is 16.3. The van der Waals surface area contributed by atoms with Crippen LogP contribution >= 0.6 is 0 Å². The predicted octanol–water partition coefficient (Wildman–Crippen LogP) is 3.65. The zero-order valence-electron chi connectivity index (χ0n) is 16.3. The average molecular weight is 375 g/mol. The summed E-state index contributed by atoms with van der Waals surface area (Å²) in [7, 11) is 4.16. The van der Waals surface area contributed by atoms with E-state index in [1.165, 1.54) is 0 Å². The molecule has 0 unspecified atom stereocenters. The number of carbonyl (C=O) groups is 1. The van der Waals surface area contributed by atoms with Gasteiger partial charge in [0.15, 0.2) is 0 Å². The maximum atomic E-state index is 12.5. The minimum absolute atomic E-state index is 0.0329. The number of rotatable bonds is 7. The van der Waals surface area contributed by atoms with E-state index in [1.807, 2.05) is 55.0 Å². The number of H-pyrrole nitrogens is 1. The maximum Gasteiger partial charge on any atom is 0.228 e. The van der Waals surface area contributed by atoms with Gasteiger partial charge in [0.1, 0.15) is 0 Å². The van der Waals surface area contributed by atoms with Crippen molar-refractivity contribution in [1.82, 2.24) is 19.4 Å². The number of aryl methyl sites for hydroxylation is 1. The van der Waals surface area contributed by atoms with Gasteiger partial charge in [-0.3, -0.25) is 4.79 Å². The number of carbonyl (C=O) groups excluding carboxylic acids is 1. The Kier molecular flexibility index (Phi) is 5.12. The molecule has 0 aliphatic carbocycles. The lowest BCUT2D eigenvalue weighted by Gasteiger charge is -2.10. The van der Waals surface area contributed by atoms with Crippen LogP contribution in [0, 0.1) is 0 Å². The van der Waals surface area contributed by atoms with Gasteiger partial charge < -0.3 is 19.8 Å². The van der Waals surface area contributed by atoms with Gasteiger partial charge in [0, 0.05) is 29.3 Å². The van der Waals surface area contributed by atoms with E-state index in [0.29, 0.717) is 6.42 Å². The summed E-state index contributed by atoms with van der Waals surface area (Å²) < 4.78 is 2.16. The van der Waals surface area contributed by atoms with Crippen LogP contribution in [0.25, 0.3) is 21.9 Å². The van der Waals surface area contributed by atoms with Gasteiger partial charge in [-0.25, -0.2) is 4.98 Å². The highest BCUT2D eigenvalue weighted by atomic mass is 16.1. The summed E-state index contributed by atoms with van der Waals surface area (Å²) in [6, 6.07) is 13.9. The minimum atomic E-state index is -0.0329.